The summed E-state index contributed by atoms with van der Waals surface area (Å²) in [5, 5.41) is 4.97. The van der Waals surface area contributed by atoms with Crippen molar-refractivity contribution < 1.29 is 23.9 Å². The summed E-state index contributed by atoms with van der Waals surface area (Å²) in [7, 11) is 1.30. The number of aromatic nitrogens is 2. The van der Waals surface area contributed by atoms with Crippen molar-refractivity contribution in [1.29, 1.82) is 0 Å². The predicted molar refractivity (Wildman–Crippen MR) is 165 cm³/mol. The number of methoxy groups -OCH3 is 1. The van der Waals surface area contributed by atoms with Crippen LogP contribution >= 0.6 is 11.6 Å². The molecule has 0 saturated heterocycles. The quantitative estimate of drug-likeness (QED) is 0.114. The van der Waals surface area contributed by atoms with Crippen LogP contribution in [0.5, 0.6) is 0 Å². The average molecular weight is 617 g/mol. The third kappa shape index (κ3) is 9.70. The third-order valence-corrected chi connectivity index (χ3v) is 7.11. The molecule has 1 aliphatic carbocycles. The number of ether oxygens (including phenoxy) is 2. The van der Waals surface area contributed by atoms with Crippen LogP contribution in [0.25, 0.3) is 0 Å². The van der Waals surface area contributed by atoms with Crippen LogP contribution in [-0.4, -0.2) is 59.2 Å². The van der Waals surface area contributed by atoms with Crippen molar-refractivity contribution in [2.75, 3.05) is 25.1 Å². The Kier molecular flexibility index (Phi) is 11.5. The number of hydrogen-bond donors (Lipinski definition) is 5. The number of guanidine groups is 1. The number of amides is 2. The first-order valence-corrected chi connectivity index (χ1v) is 14.6. The van der Waals surface area contributed by atoms with Gasteiger partial charge in [-0.15, -0.1) is 0 Å². The number of fused-ring (bicyclic) bond motifs is 1. The number of aryl methyl sites for hydroxylation is 1. The summed E-state index contributed by atoms with van der Waals surface area (Å²) >= 11 is 5.83. The molecule has 13 nitrogen and oxygen atoms in total. The van der Waals surface area contributed by atoms with Gasteiger partial charge >= 0.3 is 12.1 Å². The Hall–Kier alpha value is -4.13. The van der Waals surface area contributed by atoms with E-state index in [-0.39, 0.29) is 28.4 Å². The lowest BCUT2D eigenvalue weighted by Gasteiger charge is -2.26. The van der Waals surface area contributed by atoms with Crippen LogP contribution in [0, 0.1) is 0 Å². The molecule has 0 radical (unpaired) electrons. The zero-order valence-corrected chi connectivity index (χ0v) is 25.8. The lowest BCUT2D eigenvalue weighted by molar-refractivity contribution is -0.143. The average Bonchev–Trinajstić information content (AvgIpc) is 2.93. The standard InChI is InChI=1S/C29H41ClN8O5/c1-29(2,3)43-28(41)35-20(26(40)42-4)15-17-13-12-16(18-10-5-6-11-19(17)18)9-7-8-14-34-27(33)38-25(39)21-23(31)37-24(32)22(30)36-21/h12-13,20H,5-11,14-15H2,1-4H3,(H,35,41)(H4,31,32,37)(H3,33,34,38,39)/t20-/m0/s1. The molecule has 0 fully saturated rings. The van der Waals surface area contributed by atoms with Gasteiger partial charge in [-0.05, 0) is 88.0 Å². The van der Waals surface area contributed by atoms with E-state index in [1.807, 2.05) is 6.07 Å². The van der Waals surface area contributed by atoms with E-state index >= 15 is 0 Å². The highest BCUT2D eigenvalue weighted by Gasteiger charge is 2.27. The fraction of sp³-hybridized carbons (Fsp3) is 0.517. The number of unbranched alkanes of at least 4 members (excludes halogenated alkanes) is 1. The summed E-state index contributed by atoms with van der Waals surface area (Å²) in [4.78, 5) is 49.2. The number of esters is 1. The number of rotatable bonds is 10. The first-order valence-electron chi connectivity index (χ1n) is 14.2. The summed E-state index contributed by atoms with van der Waals surface area (Å²) in [5.74, 6) is -1.52. The Morgan fingerprint density at radius 2 is 1.70 bits per heavy atom. The van der Waals surface area contributed by atoms with Crippen LogP contribution in [-0.2, 0) is 40.0 Å². The maximum atomic E-state index is 12.5. The van der Waals surface area contributed by atoms with Gasteiger partial charge in [0.2, 0.25) is 0 Å². The fourth-order valence-corrected chi connectivity index (χ4v) is 5.02. The summed E-state index contributed by atoms with van der Waals surface area (Å²) in [6.07, 6.45) is 6.11. The molecule has 43 heavy (non-hydrogen) atoms. The SMILES string of the molecule is COC(=O)[C@H](Cc1ccc(CCCCN=C(N)NC(=O)c2nc(Cl)c(N)nc2N)c2c1CCCC2)NC(=O)OC(C)(C)C. The molecule has 1 aliphatic rings. The van der Waals surface area contributed by atoms with Crippen LogP contribution in [0.2, 0.25) is 5.15 Å². The Bertz CT molecular complexity index is 1380. The molecule has 1 heterocycles. The van der Waals surface area contributed by atoms with Gasteiger partial charge in [-0.25, -0.2) is 19.6 Å². The van der Waals surface area contributed by atoms with Crippen LogP contribution in [0.15, 0.2) is 17.1 Å². The second kappa shape index (κ2) is 14.9. The highest BCUT2D eigenvalue weighted by atomic mass is 35.5. The number of carbonyl (C=O) groups is 3. The normalized spacial score (nSPS) is 13.9. The number of nitrogens with one attached hydrogen (secondary N) is 2. The summed E-state index contributed by atoms with van der Waals surface area (Å²) < 4.78 is 10.3. The van der Waals surface area contributed by atoms with E-state index in [2.05, 4.69) is 31.7 Å². The van der Waals surface area contributed by atoms with Gasteiger partial charge in [0.25, 0.3) is 5.91 Å². The molecule has 1 aromatic carbocycles. The maximum Gasteiger partial charge on any atom is 0.408 e. The summed E-state index contributed by atoms with van der Waals surface area (Å²) in [6, 6.07) is 3.28. The van der Waals surface area contributed by atoms with Gasteiger partial charge in [-0.3, -0.25) is 15.1 Å². The van der Waals surface area contributed by atoms with Crippen LogP contribution in [0.4, 0.5) is 16.4 Å². The second-order valence-electron chi connectivity index (χ2n) is 11.3. The molecule has 0 bridgehead atoms. The summed E-state index contributed by atoms with van der Waals surface area (Å²) in [5.41, 5.74) is 21.1. The van der Waals surface area contributed by atoms with Gasteiger partial charge < -0.3 is 32.0 Å². The van der Waals surface area contributed by atoms with E-state index in [0.717, 1.165) is 50.5 Å². The molecule has 1 atom stereocenters. The van der Waals surface area contributed by atoms with E-state index in [9.17, 15) is 14.4 Å². The largest absolute Gasteiger partial charge is 0.467 e. The van der Waals surface area contributed by atoms with Crippen molar-refractivity contribution in [2.24, 2.45) is 10.7 Å². The van der Waals surface area contributed by atoms with Gasteiger partial charge in [-0.1, -0.05) is 23.7 Å². The number of halogens is 1. The van der Waals surface area contributed by atoms with Crippen molar-refractivity contribution in [3.63, 3.8) is 0 Å². The second-order valence-corrected chi connectivity index (χ2v) is 11.6. The molecule has 0 spiro atoms. The minimum Gasteiger partial charge on any atom is -0.467 e. The molecule has 0 aliphatic heterocycles. The van der Waals surface area contributed by atoms with E-state index in [4.69, 9.17) is 38.3 Å². The zero-order chi connectivity index (χ0) is 31.7. The van der Waals surface area contributed by atoms with E-state index in [0.29, 0.717) is 13.0 Å². The van der Waals surface area contributed by atoms with E-state index < -0.39 is 29.6 Å². The van der Waals surface area contributed by atoms with Gasteiger partial charge in [0.15, 0.2) is 28.4 Å². The van der Waals surface area contributed by atoms with E-state index in [1.54, 1.807) is 20.8 Å². The van der Waals surface area contributed by atoms with Crippen molar-refractivity contribution in [3.05, 3.63) is 45.2 Å². The maximum absolute atomic E-state index is 12.5. The van der Waals surface area contributed by atoms with Crippen LogP contribution in [0.1, 0.15) is 79.2 Å². The number of benzene rings is 1. The Labute approximate surface area is 256 Å². The smallest absolute Gasteiger partial charge is 0.408 e. The number of hydrogen-bond acceptors (Lipinski definition) is 10. The Morgan fingerprint density at radius 1 is 1.05 bits per heavy atom. The van der Waals surface area contributed by atoms with E-state index in [1.165, 1.54) is 23.8 Å². The van der Waals surface area contributed by atoms with Crippen molar-refractivity contribution >= 4 is 47.2 Å². The number of aliphatic imine (C=N–C) groups is 1. The first kappa shape index (κ1) is 33.4. The highest BCUT2D eigenvalue weighted by Crippen LogP contribution is 2.30. The third-order valence-electron chi connectivity index (χ3n) is 6.83. The van der Waals surface area contributed by atoms with Crippen LogP contribution in [0.3, 0.4) is 0 Å². The van der Waals surface area contributed by atoms with Crippen LogP contribution < -0.4 is 27.8 Å². The van der Waals surface area contributed by atoms with Crippen molar-refractivity contribution in [3.8, 4) is 0 Å². The molecule has 2 amide bonds. The first-order chi connectivity index (χ1) is 20.3. The Balaban J connectivity index is 1.60. The molecule has 14 heteroatoms. The minimum absolute atomic E-state index is 0.0685. The molecule has 2 aromatic rings. The molecule has 8 N–H and O–H groups in total. The van der Waals surface area contributed by atoms with Gasteiger partial charge in [-0.2, -0.15) is 0 Å². The monoisotopic (exact) mass is 616 g/mol. The Morgan fingerprint density at radius 3 is 2.35 bits per heavy atom. The molecule has 0 saturated carbocycles. The van der Waals surface area contributed by atoms with Crippen molar-refractivity contribution in [1.82, 2.24) is 20.6 Å². The number of anilines is 2. The number of alkyl carbamates (subject to hydrolysis) is 1. The lowest BCUT2D eigenvalue weighted by Crippen LogP contribution is -2.45. The molecular formula is C29H41ClN8O5. The highest BCUT2D eigenvalue weighted by molar-refractivity contribution is 6.31. The van der Waals surface area contributed by atoms with Gasteiger partial charge in [0.05, 0.1) is 7.11 Å². The lowest BCUT2D eigenvalue weighted by atomic mass is 9.82. The number of carbonyl (C=O) groups excluding carboxylic acids is 3. The fourth-order valence-electron chi connectivity index (χ4n) is 4.90. The molecule has 1 aromatic heterocycles. The molecular weight excluding hydrogens is 576 g/mol. The molecule has 3 rings (SSSR count). The van der Waals surface area contributed by atoms with Gasteiger partial charge in [0.1, 0.15) is 11.6 Å². The topological polar surface area (TPSA) is 210 Å². The number of nitrogen functional groups attached to an aromatic ring is 2. The predicted octanol–water partition coefficient (Wildman–Crippen LogP) is 2.85. The number of nitrogens with zero attached hydrogens (tertiary/aromatic N) is 3. The zero-order valence-electron chi connectivity index (χ0n) is 25.1. The van der Waals surface area contributed by atoms with Gasteiger partial charge in [0, 0.05) is 13.0 Å². The van der Waals surface area contributed by atoms with Crippen molar-refractivity contribution in [2.45, 2.75) is 83.8 Å². The summed E-state index contributed by atoms with van der Waals surface area (Å²) in [6.45, 7) is 5.70. The molecule has 0 unspecified atom stereocenters. The molecule has 234 valence electrons. The minimum atomic E-state index is -0.860. The number of nitrogens with two attached hydrogens (primary N) is 3.